The van der Waals surface area contributed by atoms with Gasteiger partial charge in [0.2, 0.25) is 11.9 Å². The van der Waals surface area contributed by atoms with Crippen molar-refractivity contribution in [2.75, 3.05) is 46.4 Å². The maximum Gasteiger partial charge on any atom is 0.401 e. The van der Waals surface area contributed by atoms with Crippen molar-refractivity contribution in [2.24, 2.45) is 4.99 Å². The number of amidine groups is 1. The first kappa shape index (κ1) is 18.8. The summed E-state index contributed by atoms with van der Waals surface area (Å²) in [7, 11) is 1.67. The first-order valence-electron chi connectivity index (χ1n) is 9.62. The Morgan fingerprint density at radius 1 is 1.32 bits per heavy atom. The third kappa shape index (κ3) is 3.04. The predicted molar refractivity (Wildman–Crippen MR) is 102 cm³/mol. The lowest BCUT2D eigenvalue weighted by Crippen LogP contribution is -2.62. The van der Waals surface area contributed by atoms with Gasteiger partial charge in [0, 0.05) is 26.7 Å². The van der Waals surface area contributed by atoms with Gasteiger partial charge in [0.05, 0.1) is 26.3 Å². The standard InChI is InChI=1S/C19H27N6O3/c1-13(2)11-25-17(26)15-16(21(4)19(25)27)20-18-23(14(3)12-24(15)18)6-5-22-7-9-28-10-8-22/h12,15H,1,5-11H2,2-4H3/q+1. The monoisotopic (exact) mass is 387 g/mol. The first-order valence-corrected chi connectivity index (χ1v) is 9.62. The van der Waals surface area contributed by atoms with Crippen LogP contribution in [0.1, 0.15) is 18.7 Å². The van der Waals surface area contributed by atoms with Crippen LogP contribution in [0.15, 0.2) is 23.3 Å². The van der Waals surface area contributed by atoms with Gasteiger partial charge in [-0.25, -0.2) is 13.9 Å². The highest BCUT2D eigenvalue weighted by molar-refractivity contribution is 6.19. The van der Waals surface area contributed by atoms with E-state index in [2.05, 4.69) is 21.0 Å². The number of ether oxygens (including phenoxy) is 1. The van der Waals surface area contributed by atoms with Crippen LogP contribution in [0.4, 0.5) is 10.7 Å². The van der Waals surface area contributed by atoms with Crippen molar-refractivity contribution in [2.45, 2.75) is 26.4 Å². The molecule has 2 saturated heterocycles. The Labute approximate surface area is 164 Å². The largest absolute Gasteiger partial charge is 0.401 e. The normalized spacial score (nSPS) is 22.4. The molecule has 4 rings (SSSR count). The lowest BCUT2D eigenvalue weighted by Gasteiger charge is -2.33. The van der Waals surface area contributed by atoms with E-state index < -0.39 is 6.04 Å². The second kappa shape index (κ2) is 7.14. The zero-order valence-electron chi connectivity index (χ0n) is 16.7. The number of amides is 3. The highest BCUT2D eigenvalue weighted by atomic mass is 16.5. The molecule has 9 nitrogen and oxygen atoms in total. The van der Waals surface area contributed by atoms with Crippen molar-refractivity contribution in [1.29, 1.82) is 0 Å². The summed E-state index contributed by atoms with van der Waals surface area (Å²) < 4.78 is 9.42. The molecule has 1 aromatic rings. The van der Waals surface area contributed by atoms with Gasteiger partial charge in [-0.1, -0.05) is 17.1 Å². The topological polar surface area (TPSA) is 74.3 Å². The van der Waals surface area contributed by atoms with Gasteiger partial charge in [-0.2, -0.15) is 0 Å². The second-order valence-electron chi connectivity index (χ2n) is 7.68. The van der Waals surface area contributed by atoms with E-state index in [9.17, 15) is 9.59 Å². The fraction of sp³-hybridized carbons (Fsp3) is 0.579. The van der Waals surface area contributed by atoms with Crippen molar-refractivity contribution < 1.29 is 18.9 Å². The van der Waals surface area contributed by atoms with Gasteiger partial charge in [-0.05, 0) is 13.8 Å². The van der Waals surface area contributed by atoms with Crippen LogP contribution in [0, 0.1) is 6.92 Å². The van der Waals surface area contributed by atoms with Crippen LogP contribution >= 0.6 is 0 Å². The fourth-order valence-electron chi connectivity index (χ4n) is 3.99. The van der Waals surface area contributed by atoms with Gasteiger partial charge < -0.3 is 4.74 Å². The Bertz CT molecular complexity index is 867. The molecule has 0 aromatic carbocycles. The van der Waals surface area contributed by atoms with Crippen LogP contribution in [0.5, 0.6) is 0 Å². The molecule has 28 heavy (non-hydrogen) atoms. The van der Waals surface area contributed by atoms with Gasteiger partial charge in [-0.15, -0.1) is 0 Å². The number of aliphatic imine (C=N–C) groups is 1. The Balaban J connectivity index is 1.62. The van der Waals surface area contributed by atoms with Crippen LogP contribution in [0.2, 0.25) is 0 Å². The van der Waals surface area contributed by atoms with Gasteiger partial charge in [-0.3, -0.25) is 19.5 Å². The molecule has 1 unspecified atom stereocenters. The van der Waals surface area contributed by atoms with Crippen LogP contribution < -0.4 is 4.57 Å². The van der Waals surface area contributed by atoms with Crippen LogP contribution in [0.25, 0.3) is 0 Å². The number of fused-ring (bicyclic) bond motifs is 3. The van der Waals surface area contributed by atoms with Crippen LogP contribution in [0.3, 0.4) is 0 Å². The van der Waals surface area contributed by atoms with Gasteiger partial charge in [0.25, 0.3) is 5.91 Å². The minimum Gasteiger partial charge on any atom is -0.379 e. The summed E-state index contributed by atoms with van der Waals surface area (Å²) in [4.78, 5) is 35.5. The van der Waals surface area contributed by atoms with Crippen LogP contribution in [-0.2, 0) is 16.1 Å². The molecule has 0 spiro atoms. The van der Waals surface area contributed by atoms with E-state index in [0.717, 1.165) is 56.6 Å². The Kier molecular flexibility index (Phi) is 4.80. The van der Waals surface area contributed by atoms with Gasteiger partial charge >= 0.3 is 12.0 Å². The number of aromatic nitrogens is 2. The fourth-order valence-corrected chi connectivity index (χ4v) is 3.99. The zero-order valence-corrected chi connectivity index (χ0v) is 16.7. The number of hydrogen-bond donors (Lipinski definition) is 0. The van der Waals surface area contributed by atoms with Crippen molar-refractivity contribution in [1.82, 2.24) is 19.3 Å². The number of carbonyl (C=O) groups is 2. The van der Waals surface area contributed by atoms with E-state index in [1.54, 1.807) is 7.05 Å². The van der Waals surface area contributed by atoms with E-state index in [-0.39, 0.29) is 18.5 Å². The Hall–Kier alpha value is -2.52. The molecule has 0 N–H and O–H groups in total. The van der Waals surface area contributed by atoms with Crippen molar-refractivity contribution >= 4 is 23.7 Å². The number of rotatable bonds is 5. The maximum absolute atomic E-state index is 13.1. The Morgan fingerprint density at radius 3 is 2.71 bits per heavy atom. The third-order valence-electron chi connectivity index (χ3n) is 5.49. The molecule has 0 radical (unpaired) electrons. The Morgan fingerprint density at radius 2 is 2.04 bits per heavy atom. The number of carbonyl (C=O) groups excluding carboxylic acids is 2. The highest BCUT2D eigenvalue weighted by Gasteiger charge is 2.53. The molecule has 0 saturated carbocycles. The molecule has 0 bridgehead atoms. The predicted octanol–water partition coefficient (Wildman–Crippen LogP) is 0.471. The maximum atomic E-state index is 13.1. The number of imide groups is 1. The lowest BCUT2D eigenvalue weighted by molar-refractivity contribution is -0.677. The molecular weight excluding hydrogens is 360 g/mol. The molecule has 9 heteroatoms. The minimum absolute atomic E-state index is 0.221. The first-order chi connectivity index (χ1) is 13.4. The van der Waals surface area contributed by atoms with Crippen molar-refractivity contribution in [3.05, 3.63) is 24.0 Å². The molecule has 3 aliphatic heterocycles. The van der Waals surface area contributed by atoms with Gasteiger partial charge in [0.15, 0.2) is 0 Å². The van der Waals surface area contributed by atoms with Crippen molar-refractivity contribution in [3.8, 4) is 0 Å². The van der Waals surface area contributed by atoms with E-state index >= 15 is 0 Å². The van der Waals surface area contributed by atoms with E-state index in [1.807, 2.05) is 24.6 Å². The summed E-state index contributed by atoms with van der Waals surface area (Å²) in [6.07, 6.45) is 1.95. The second-order valence-corrected chi connectivity index (χ2v) is 7.68. The summed E-state index contributed by atoms with van der Waals surface area (Å²) in [5.74, 6) is 0.956. The molecule has 3 amide bonds. The molecule has 150 valence electrons. The number of imidazole rings is 1. The molecular formula is C19H27N6O3+. The smallest absolute Gasteiger partial charge is 0.379 e. The number of hydrogen-bond acceptors (Lipinski definition) is 5. The quantitative estimate of drug-likeness (QED) is 0.544. The summed E-state index contributed by atoms with van der Waals surface area (Å²) in [5.41, 5.74) is 1.81. The summed E-state index contributed by atoms with van der Waals surface area (Å²) in [6, 6.07) is -0.953. The van der Waals surface area contributed by atoms with Gasteiger partial charge in [0.1, 0.15) is 11.9 Å². The summed E-state index contributed by atoms with van der Waals surface area (Å²) in [6.45, 7) is 13.0. The van der Waals surface area contributed by atoms with E-state index in [0.29, 0.717) is 5.84 Å². The number of urea groups is 1. The van der Waals surface area contributed by atoms with E-state index in [4.69, 9.17) is 4.74 Å². The summed E-state index contributed by atoms with van der Waals surface area (Å²) >= 11 is 0. The lowest BCUT2D eigenvalue weighted by atomic mass is 10.1. The summed E-state index contributed by atoms with van der Waals surface area (Å²) in [5, 5.41) is 0. The number of likely N-dealkylation sites (N-methyl/N-ethyl adjacent to an activating group) is 1. The molecule has 1 atom stereocenters. The van der Waals surface area contributed by atoms with Crippen LogP contribution in [-0.4, -0.2) is 83.5 Å². The number of nitrogens with zero attached hydrogens (tertiary/aromatic N) is 6. The molecule has 2 fully saturated rings. The number of morpholine rings is 1. The zero-order chi connectivity index (χ0) is 20.0. The molecule has 4 heterocycles. The average Bonchev–Trinajstić information content (AvgIpc) is 3.17. The SMILES string of the molecule is C=C(C)CN1C(=O)C2C(=Nc3n(CCN4CCOCC4)c(C)c[n+]32)N(C)C1=O. The van der Waals surface area contributed by atoms with Crippen molar-refractivity contribution in [3.63, 3.8) is 0 Å². The number of aryl methyl sites for hydroxylation is 1. The highest BCUT2D eigenvalue weighted by Crippen LogP contribution is 2.29. The third-order valence-corrected chi connectivity index (χ3v) is 5.49. The molecule has 3 aliphatic rings. The molecule has 0 aliphatic carbocycles. The average molecular weight is 387 g/mol. The minimum atomic E-state index is -0.597. The van der Waals surface area contributed by atoms with E-state index in [1.165, 1.54) is 9.80 Å². The molecule has 1 aromatic heterocycles.